The number of aliphatic carboxylic acids is 1. The number of carbonyl (C=O) groups is 2. The minimum Gasteiger partial charge on any atom is -0.481 e. The summed E-state index contributed by atoms with van der Waals surface area (Å²) < 4.78 is 0. The number of carbonyl (C=O) groups excluding carboxylic acids is 1. The number of nitrogens with one attached hydrogen (secondary N) is 1. The third-order valence-corrected chi connectivity index (χ3v) is 2.34. The van der Waals surface area contributed by atoms with E-state index in [0.29, 0.717) is 13.0 Å². The molecule has 18 heavy (non-hydrogen) atoms. The van der Waals surface area contributed by atoms with Crippen molar-refractivity contribution in [1.82, 2.24) is 5.32 Å². The highest BCUT2D eigenvalue weighted by molar-refractivity contribution is 5.91. The van der Waals surface area contributed by atoms with Crippen LogP contribution in [-0.2, 0) is 9.59 Å². The van der Waals surface area contributed by atoms with Gasteiger partial charge in [-0.05, 0) is 25.0 Å². The van der Waals surface area contributed by atoms with Gasteiger partial charge in [0.1, 0.15) is 0 Å². The number of carboxylic acids is 1. The second kappa shape index (κ2) is 7.27. The van der Waals surface area contributed by atoms with Gasteiger partial charge in [-0.25, -0.2) is 0 Å². The van der Waals surface area contributed by atoms with E-state index in [2.05, 4.69) is 5.32 Å². The van der Waals surface area contributed by atoms with E-state index in [9.17, 15) is 9.59 Å². The lowest BCUT2D eigenvalue weighted by Crippen LogP contribution is -2.22. The molecule has 0 aliphatic heterocycles. The van der Waals surface area contributed by atoms with Crippen LogP contribution in [-0.4, -0.2) is 23.5 Å². The Morgan fingerprint density at radius 3 is 2.83 bits per heavy atom. The Balaban J connectivity index is 2.33. The third kappa shape index (κ3) is 5.84. The summed E-state index contributed by atoms with van der Waals surface area (Å²) in [6, 6.07) is 7.82. The summed E-state index contributed by atoms with van der Waals surface area (Å²) in [6.07, 6.45) is 3.70. The Morgan fingerprint density at radius 2 is 2.17 bits per heavy atom. The van der Waals surface area contributed by atoms with Crippen molar-refractivity contribution in [2.24, 2.45) is 0 Å². The molecule has 4 nitrogen and oxygen atoms in total. The molecule has 96 valence electrons. The van der Waals surface area contributed by atoms with E-state index in [0.717, 1.165) is 11.1 Å². The molecular weight excluding hydrogens is 230 g/mol. The van der Waals surface area contributed by atoms with Crippen LogP contribution in [0.3, 0.4) is 0 Å². The molecule has 1 aromatic carbocycles. The normalized spacial score (nSPS) is 10.5. The number of hydrogen-bond donors (Lipinski definition) is 2. The molecule has 0 aliphatic carbocycles. The van der Waals surface area contributed by atoms with Gasteiger partial charge in [0, 0.05) is 19.0 Å². The first-order chi connectivity index (χ1) is 8.58. The van der Waals surface area contributed by atoms with Gasteiger partial charge in [-0.15, -0.1) is 0 Å². The molecule has 0 bridgehead atoms. The molecule has 1 aromatic rings. The Kier molecular flexibility index (Phi) is 5.64. The summed E-state index contributed by atoms with van der Waals surface area (Å²) in [5.74, 6) is -1.05. The average Bonchev–Trinajstić information content (AvgIpc) is 2.32. The van der Waals surface area contributed by atoms with Crippen molar-refractivity contribution in [1.29, 1.82) is 0 Å². The molecule has 1 rings (SSSR count). The highest BCUT2D eigenvalue weighted by Crippen LogP contribution is 2.05. The zero-order valence-electron chi connectivity index (χ0n) is 10.3. The van der Waals surface area contributed by atoms with Gasteiger partial charge < -0.3 is 10.4 Å². The first-order valence-corrected chi connectivity index (χ1v) is 5.82. The molecule has 0 saturated heterocycles. The molecule has 2 N–H and O–H groups in total. The Bertz CT molecular complexity index is 452. The number of rotatable bonds is 6. The molecule has 4 heteroatoms. The van der Waals surface area contributed by atoms with Crippen LogP contribution in [0.15, 0.2) is 30.3 Å². The molecule has 0 fully saturated rings. The fourth-order valence-electron chi connectivity index (χ4n) is 1.46. The lowest BCUT2D eigenvalue weighted by molar-refractivity contribution is -0.137. The molecule has 0 aliphatic rings. The fraction of sp³-hybridized carbons (Fsp3) is 0.286. The Hall–Kier alpha value is -2.10. The van der Waals surface area contributed by atoms with Crippen LogP contribution in [0.2, 0.25) is 0 Å². The SMILES string of the molecule is Cc1cccc(/C=C/C(=O)NCCCC(=O)O)c1. The van der Waals surface area contributed by atoms with Gasteiger partial charge in [0.05, 0.1) is 0 Å². The van der Waals surface area contributed by atoms with Gasteiger partial charge in [0.25, 0.3) is 0 Å². The second-order valence-corrected chi connectivity index (χ2v) is 4.04. The molecular formula is C14H17NO3. The maximum absolute atomic E-state index is 11.4. The van der Waals surface area contributed by atoms with Crippen molar-refractivity contribution in [3.05, 3.63) is 41.5 Å². The first-order valence-electron chi connectivity index (χ1n) is 5.82. The van der Waals surface area contributed by atoms with Gasteiger partial charge in [-0.1, -0.05) is 29.8 Å². The number of hydrogen-bond acceptors (Lipinski definition) is 2. The van der Waals surface area contributed by atoms with Crippen molar-refractivity contribution in [3.63, 3.8) is 0 Å². The highest BCUT2D eigenvalue weighted by Gasteiger charge is 1.98. The lowest BCUT2D eigenvalue weighted by Gasteiger charge is -2.00. The Labute approximate surface area is 106 Å². The van der Waals surface area contributed by atoms with Gasteiger partial charge in [0.2, 0.25) is 5.91 Å². The van der Waals surface area contributed by atoms with Crippen molar-refractivity contribution in [2.75, 3.05) is 6.54 Å². The van der Waals surface area contributed by atoms with Gasteiger partial charge >= 0.3 is 5.97 Å². The van der Waals surface area contributed by atoms with Crippen molar-refractivity contribution < 1.29 is 14.7 Å². The maximum Gasteiger partial charge on any atom is 0.303 e. The van der Waals surface area contributed by atoms with Crippen LogP contribution in [0.4, 0.5) is 0 Å². The maximum atomic E-state index is 11.4. The fourth-order valence-corrected chi connectivity index (χ4v) is 1.46. The van der Waals surface area contributed by atoms with Crippen molar-refractivity contribution >= 4 is 18.0 Å². The van der Waals surface area contributed by atoms with Crippen LogP contribution in [0.1, 0.15) is 24.0 Å². The minimum absolute atomic E-state index is 0.0713. The largest absolute Gasteiger partial charge is 0.481 e. The number of carboxylic acid groups (broad SMARTS) is 1. The summed E-state index contributed by atoms with van der Waals surface area (Å²) in [5, 5.41) is 11.1. The number of benzene rings is 1. The zero-order chi connectivity index (χ0) is 13.4. The van der Waals surface area contributed by atoms with Crippen LogP contribution < -0.4 is 5.32 Å². The van der Waals surface area contributed by atoms with Crippen LogP contribution >= 0.6 is 0 Å². The first kappa shape index (κ1) is 14.0. The molecule has 0 atom stereocenters. The van der Waals surface area contributed by atoms with E-state index in [4.69, 9.17) is 5.11 Å². The van der Waals surface area contributed by atoms with Crippen molar-refractivity contribution in [3.8, 4) is 0 Å². The summed E-state index contributed by atoms with van der Waals surface area (Å²) in [6.45, 7) is 2.37. The highest BCUT2D eigenvalue weighted by atomic mass is 16.4. The summed E-state index contributed by atoms with van der Waals surface area (Å²) in [4.78, 5) is 21.7. The van der Waals surface area contributed by atoms with Gasteiger partial charge in [0.15, 0.2) is 0 Å². The summed E-state index contributed by atoms with van der Waals surface area (Å²) >= 11 is 0. The molecule has 0 aromatic heterocycles. The molecule has 0 spiro atoms. The smallest absolute Gasteiger partial charge is 0.303 e. The topological polar surface area (TPSA) is 66.4 Å². The number of amides is 1. The standard InChI is InChI=1S/C14H17NO3/c1-11-4-2-5-12(10-11)7-8-13(16)15-9-3-6-14(17)18/h2,4-5,7-8,10H,3,6,9H2,1H3,(H,15,16)(H,17,18)/b8-7+. The molecule has 0 unspecified atom stereocenters. The molecule has 0 heterocycles. The molecule has 1 amide bonds. The quantitative estimate of drug-likeness (QED) is 0.596. The van der Waals surface area contributed by atoms with E-state index in [1.165, 1.54) is 6.08 Å². The van der Waals surface area contributed by atoms with E-state index in [1.807, 2.05) is 31.2 Å². The summed E-state index contributed by atoms with van der Waals surface area (Å²) in [5.41, 5.74) is 2.11. The average molecular weight is 247 g/mol. The molecule has 0 saturated carbocycles. The van der Waals surface area contributed by atoms with E-state index in [1.54, 1.807) is 6.08 Å². The second-order valence-electron chi connectivity index (χ2n) is 4.04. The van der Waals surface area contributed by atoms with Crippen LogP contribution in [0.5, 0.6) is 0 Å². The van der Waals surface area contributed by atoms with Crippen molar-refractivity contribution in [2.45, 2.75) is 19.8 Å². The van der Waals surface area contributed by atoms with Crippen LogP contribution in [0.25, 0.3) is 6.08 Å². The van der Waals surface area contributed by atoms with Gasteiger partial charge in [-0.2, -0.15) is 0 Å². The van der Waals surface area contributed by atoms with Gasteiger partial charge in [-0.3, -0.25) is 9.59 Å². The van der Waals surface area contributed by atoms with E-state index >= 15 is 0 Å². The van der Waals surface area contributed by atoms with E-state index in [-0.39, 0.29) is 12.3 Å². The van der Waals surface area contributed by atoms with E-state index < -0.39 is 5.97 Å². The zero-order valence-corrected chi connectivity index (χ0v) is 10.3. The minimum atomic E-state index is -0.848. The predicted molar refractivity (Wildman–Crippen MR) is 70.1 cm³/mol. The third-order valence-electron chi connectivity index (χ3n) is 2.34. The number of aryl methyl sites for hydroxylation is 1. The van der Waals surface area contributed by atoms with Crippen LogP contribution in [0, 0.1) is 6.92 Å². The molecule has 0 radical (unpaired) electrons. The predicted octanol–water partition coefficient (Wildman–Crippen LogP) is 1.99. The summed E-state index contributed by atoms with van der Waals surface area (Å²) in [7, 11) is 0. The lowest BCUT2D eigenvalue weighted by atomic mass is 10.1. The Morgan fingerprint density at radius 1 is 1.39 bits per heavy atom. The monoisotopic (exact) mass is 247 g/mol.